The lowest BCUT2D eigenvalue weighted by Gasteiger charge is -2.27. The number of aliphatic hydroxyl groups is 1. The van der Waals surface area contributed by atoms with Gasteiger partial charge in [0, 0.05) is 18.7 Å². The summed E-state index contributed by atoms with van der Waals surface area (Å²) in [5.74, 6) is -1.41. The van der Waals surface area contributed by atoms with Crippen LogP contribution in [0.5, 0.6) is 11.5 Å². The number of likely N-dealkylation sites (tertiary alicyclic amines) is 1. The number of carbonyl (C=O) groups is 2. The number of Topliss-reactive ketones (excluding diaryl/α,β-unsaturated/α-hetero) is 1. The van der Waals surface area contributed by atoms with Crippen molar-refractivity contribution in [3.63, 3.8) is 0 Å². The Morgan fingerprint density at radius 1 is 1.03 bits per heavy atom. The lowest BCUT2D eigenvalue weighted by molar-refractivity contribution is -0.140. The molecule has 1 atom stereocenters. The zero-order valence-electron chi connectivity index (χ0n) is 19.5. The smallest absolute Gasteiger partial charge is 0.295 e. The van der Waals surface area contributed by atoms with Crippen LogP contribution in [-0.2, 0) is 9.59 Å². The molecule has 1 amide bonds. The van der Waals surface area contributed by atoms with Gasteiger partial charge in [0.2, 0.25) is 0 Å². The molecule has 7 nitrogen and oxygen atoms in total. The van der Waals surface area contributed by atoms with Gasteiger partial charge in [0.25, 0.3) is 11.7 Å². The number of rotatable bonds is 7. The van der Waals surface area contributed by atoms with Gasteiger partial charge in [-0.2, -0.15) is 0 Å². The Morgan fingerprint density at radius 2 is 1.76 bits per heavy atom. The number of aliphatic hydroxyl groups excluding tert-OH is 1. The molecular weight excluding hydrogens is 432 g/mol. The Labute approximate surface area is 198 Å². The van der Waals surface area contributed by atoms with Gasteiger partial charge in [0.15, 0.2) is 11.5 Å². The number of hydrogen-bond donors (Lipinski definition) is 2. The molecule has 3 aromatic carbocycles. The number of amides is 1. The quantitative estimate of drug-likeness (QED) is 0.316. The summed E-state index contributed by atoms with van der Waals surface area (Å²) < 4.78 is 5.53. The molecule has 0 saturated carbocycles. The average Bonchev–Trinajstić information content (AvgIpc) is 3.08. The standard InChI is InChI=1S/C27H28N2O5/c1-4-34-22-16-19(11-12-21(22)30)24-23(26(32)27(33)29(24)14-13-28(2)3)25(31)20-10-9-17-7-5-6-8-18(17)15-20/h5-12,15-16,24,30-31H,4,13-14H2,1-3H3/b25-23+. The molecule has 4 rings (SSSR count). The zero-order valence-corrected chi connectivity index (χ0v) is 19.5. The number of hydrogen-bond acceptors (Lipinski definition) is 6. The monoisotopic (exact) mass is 460 g/mol. The van der Waals surface area contributed by atoms with Crippen molar-refractivity contribution >= 4 is 28.2 Å². The van der Waals surface area contributed by atoms with Crippen molar-refractivity contribution in [2.75, 3.05) is 33.8 Å². The maximum Gasteiger partial charge on any atom is 0.295 e. The molecule has 1 aliphatic heterocycles. The molecule has 2 N–H and O–H groups in total. The highest BCUT2D eigenvalue weighted by Gasteiger charge is 2.46. The van der Waals surface area contributed by atoms with Crippen molar-refractivity contribution in [1.29, 1.82) is 0 Å². The van der Waals surface area contributed by atoms with Gasteiger partial charge in [0.05, 0.1) is 18.2 Å². The van der Waals surface area contributed by atoms with Gasteiger partial charge in [-0.05, 0) is 55.6 Å². The van der Waals surface area contributed by atoms with Gasteiger partial charge in [-0.3, -0.25) is 9.59 Å². The molecule has 1 aliphatic rings. The van der Waals surface area contributed by atoms with Gasteiger partial charge in [-0.25, -0.2) is 0 Å². The van der Waals surface area contributed by atoms with Crippen LogP contribution in [0.15, 0.2) is 66.2 Å². The van der Waals surface area contributed by atoms with E-state index in [4.69, 9.17) is 4.74 Å². The highest BCUT2D eigenvalue weighted by Crippen LogP contribution is 2.42. The predicted molar refractivity (Wildman–Crippen MR) is 131 cm³/mol. The molecule has 34 heavy (non-hydrogen) atoms. The van der Waals surface area contributed by atoms with E-state index < -0.39 is 17.7 Å². The molecule has 0 aromatic heterocycles. The number of carbonyl (C=O) groups excluding carboxylic acids is 2. The highest BCUT2D eigenvalue weighted by atomic mass is 16.5. The molecule has 1 heterocycles. The first kappa shape index (κ1) is 23.3. The fourth-order valence-electron chi connectivity index (χ4n) is 4.23. The van der Waals surface area contributed by atoms with Crippen molar-refractivity contribution < 1.29 is 24.5 Å². The van der Waals surface area contributed by atoms with Crippen LogP contribution in [0.4, 0.5) is 0 Å². The Bertz CT molecular complexity index is 1280. The molecule has 0 aliphatic carbocycles. The minimum absolute atomic E-state index is 0.0205. The van der Waals surface area contributed by atoms with Crippen LogP contribution < -0.4 is 4.74 Å². The fourth-order valence-corrected chi connectivity index (χ4v) is 4.23. The van der Waals surface area contributed by atoms with Crippen molar-refractivity contribution in [2.24, 2.45) is 0 Å². The first-order chi connectivity index (χ1) is 16.3. The summed E-state index contributed by atoms with van der Waals surface area (Å²) in [5, 5.41) is 23.4. The number of benzene rings is 3. The summed E-state index contributed by atoms with van der Waals surface area (Å²) in [4.78, 5) is 29.7. The van der Waals surface area contributed by atoms with Gasteiger partial charge in [0.1, 0.15) is 5.76 Å². The summed E-state index contributed by atoms with van der Waals surface area (Å²) in [5.41, 5.74) is 1.05. The lowest BCUT2D eigenvalue weighted by atomic mass is 9.94. The fraction of sp³-hybridized carbons (Fsp3) is 0.259. The van der Waals surface area contributed by atoms with E-state index in [9.17, 15) is 19.8 Å². The summed E-state index contributed by atoms with van der Waals surface area (Å²) >= 11 is 0. The molecule has 1 fully saturated rings. The molecule has 3 aromatic rings. The van der Waals surface area contributed by atoms with Crippen LogP contribution in [0.2, 0.25) is 0 Å². The van der Waals surface area contributed by atoms with Gasteiger partial charge < -0.3 is 24.7 Å². The second-order valence-electron chi connectivity index (χ2n) is 8.52. The highest BCUT2D eigenvalue weighted by molar-refractivity contribution is 6.46. The minimum atomic E-state index is -0.814. The molecule has 176 valence electrons. The number of phenols is 1. The zero-order chi connectivity index (χ0) is 24.4. The van der Waals surface area contributed by atoms with Crippen LogP contribution in [0, 0.1) is 0 Å². The van der Waals surface area contributed by atoms with E-state index in [-0.39, 0.29) is 22.8 Å². The van der Waals surface area contributed by atoms with Crippen molar-refractivity contribution in [2.45, 2.75) is 13.0 Å². The maximum absolute atomic E-state index is 13.2. The number of aromatic hydroxyl groups is 1. The third kappa shape index (κ3) is 4.34. The number of ether oxygens (including phenoxy) is 1. The van der Waals surface area contributed by atoms with E-state index in [1.807, 2.05) is 49.3 Å². The Balaban J connectivity index is 1.88. The number of nitrogens with zero attached hydrogens (tertiary/aromatic N) is 2. The van der Waals surface area contributed by atoms with E-state index in [0.29, 0.717) is 30.8 Å². The lowest BCUT2D eigenvalue weighted by Crippen LogP contribution is -2.35. The number of fused-ring (bicyclic) bond motifs is 1. The third-order valence-corrected chi connectivity index (χ3v) is 5.95. The second-order valence-corrected chi connectivity index (χ2v) is 8.52. The summed E-state index contributed by atoms with van der Waals surface area (Å²) in [6.45, 7) is 2.97. The Hall–Kier alpha value is -3.84. The van der Waals surface area contributed by atoms with Crippen LogP contribution >= 0.6 is 0 Å². The molecule has 7 heteroatoms. The van der Waals surface area contributed by atoms with Crippen LogP contribution in [0.1, 0.15) is 24.1 Å². The van der Waals surface area contributed by atoms with Crippen LogP contribution in [0.25, 0.3) is 16.5 Å². The van der Waals surface area contributed by atoms with E-state index >= 15 is 0 Å². The Morgan fingerprint density at radius 3 is 2.47 bits per heavy atom. The van der Waals surface area contributed by atoms with E-state index in [0.717, 1.165) is 10.8 Å². The third-order valence-electron chi connectivity index (χ3n) is 5.95. The van der Waals surface area contributed by atoms with Gasteiger partial charge in [-0.1, -0.05) is 42.5 Å². The normalized spacial score (nSPS) is 17.6. The summed E-state index contributed by atoms with van der Waals surface area (Å²) in [7, 11) is 3.77. The molecule has 0 radical (unpaired) electrons. The van der Waals surface area contributed by atoms with Crippen LogP contribution in [-0.4, -0.2) is 65.5 Å². The second kappa shape index (κ2) is 9.57. The van der Waals surface area contributed by atoms with Gasteiger partial charge >= 0.3 is 0 Å². The number of phenolic OH excluding ortho intramolecular Hbond substituents is 1. The SMILES string of the molecule is CCOc1cc(C2/C(=C(\O)c3ccc4ccccc4c3)C(=O)C(=O)N2CCN(C)C)ccc1O. The van der Waals surface area contributed by atoms with Gasteiger partial charge in [-0.15, -0.1) is 0 Å². The Kier molecular flexibility index (Phi) is 6.56. The number of likely N-dealkylation sites (N-methyl/N-ethyl adjacent to an activating group) is 1. The molecule has 0 spiro atoms. The average molecular weight is 461 g/mol. The number of ketones is 1. The first-order valence-electron chi connectivity index (χ1n) is 11.2. The predicted octanol–water partition coefficient (Wildman–Crippen LogP) is 3.93. The minimum Gasteiger partial charge on any atom is -0.507 e. The van der Waals surface area contributed by atoms with Crippen molar-refractivity contribution in [3.8, 4) is 11.5 Å². The molecular formula is C27H28N2O5. The van der Waals surface area contributed by atoms with Crippen molar-refractivity contribution in [1.82, 2.24) is 9.80 Å². The molecule has 1 unspecified atom stereocenters. The van der Waals surface area contributed by atoms with E-state index in [2.05, 4.69) is 0 Å². The molecule has 0 bridgehead atoms. The maximum atomic E-state index is 13.2. The summed E-state index contributed by atoms with van der Waals surface area (Å²) in [6, 6.07) is 17.1. The topological polar surface area (TPSA) is 90.3 Å². The van der Waals surface area contributed by atoms with Crippen LogP contribution in [0.3, 0.4) is 0 Å². The van der Waals surface area contributed by atoms with Crippen molar-refractivity contribution in [3.05, 3.63) is 77.4 Å². The largest absolute Gasteiger partial charge is 0.507 e. The van der Waals surface area contributed by atoms with E-state index in [1.54, 1.807) is 31.2 Å². The first-order valence-corrected chi connectivity index (χ1v) is 11.2. The molecule has 1 saturated heterocycles. The summed E-state index contributed by atoms with van der Waals surface area (Å²) in [6.07, 6.45) is 0. The van der Waals surface area contributed by atoms with E-state index in [1.165, 1.54) is 11.0 Å².